The molecule has 0 atom stereocenters. The van der Waals surface area contributed by atoms with E-state index in [0.717, 1.165) is 12.6 Å². The molecule has 0 aliphatic heterocycles. The average molecular weight is 235 g/mol. The van der Waals surface area contributed by atoms with Gasteiger partial charge in [0.2, 0.25) is 0 Å². The van der Waals surface area contributed by atoms with E-state index in [1.807, 2.05) is 13.8 Å². The number of aryl methyl sites for hydroxylation is 1. The number of alkyl halides is 3. The topological polar surface area (TPSA) is 47.8 Å². The lowest BCUT2D eigenvalue weighted by molar-refractivity contribution is -0.0888. The third-order valence-corrected chi connectivity index (χ3v) is 1.96. The molecule has 1 heterocycles. The van der Waals surface area contributed by atoms with E-state index in [2.05, 4.69) is 10.3 Å². The Bertz CT molecular complexity index is 370. The molecular weight excluding hydrogens is 223 g/mol. The molecule has 0 fully saturated rings. The Morgan fingerprint density at radius 2 is 2.12 bits per heavy atom. The highest BCUT2D eigenvalue weighted by Gasteiger charge is 2.41. The van der Waals surface area contributed by atoms with Crippen LogP contribution in [0.3, 0.4) is 0 Å². The van der Waals surface area contributed by atoms with Gasteiger partial charge in [0.05, 0.1) is 6.20 Å². The van der Waals surface area contributed by atoms with Gasteiger partial charge in [-0.3, -0.25) is 9.48 Å². The van der Waals surface area contributed by atoms with Gasteiger partial charge in [0.1, 0.15) is 0 Å². The molecule has 0 saturated carbocycles. The summed E-state index contributed by atoms with van der Waals surface area (Å²) in [5.41, 5.74) is -0.656. The highest BCUT2D eigenvalue weighted by Crippen LogP contribution is 2.19. The fourth-order valence-electron chi connectivity index (χ4n) is 1.05. The van der Waals surface area contributed by atoms with Crippen molar-refractivity contribution >= 4 is 5.78 Å². The lowest BCUT2D eigenvalue weighted by atomic mass is 10.1. The Labute approximate surface area is 90.4 Å². The maximum absolute atomic E-state index is 12.0. The quantitative estimate of drug-likeness (QED) is 0.750. The van der Waals surface area contributed by atoms with Crippen LogP contribution in [0.5, 0.6) is 0 Å². The van der Waals surface area contributed by atoms with Gasteiger partial charge in [-0.15, -0.1) is 5.10 Å². The minimum Gasteiger partial charge on any atom is -0.282 e. The summed E-state index contributed by atoms with van der Waals surface area (Å²) in [4.78, 5) is 10.8. The van der Waals surface area contributed by atoms with E-state index in [9.17, 15) is 18.0 Å². The molecule has 1 aromatic heterocycles. The van der Waals surface area contributed by atoms with Crippen LogP contribution in [0.2, 0.25) is 0 Å². The standard InChI is InChI=1S/C9H12F3N3O/c1-6(2)3-4-15-5-7(13-14-15)8(16)9(10,11)12/h5-6H,3-4H2,1-2H3. The van der Waals surface area contributed by atoms with Crippen molar-refractivity contribution in [3.8, 4) is 0 Å². The smallest absolute Gasteiger partial charge is 0.282 e. The molecule has 4 nitrogen and oxygen atoms in total. The van der Waals surface area contributed by atoms with Crippen LogP contribution in [-0.4, -0.2) is 27.0 Å². The third kappa shape index (κ3) is 3.32. The Morgan fingerprint density at radius 1 is 1.50 bits per heavy atom. The predicted octanol–water partition coefficient (Wildman–Crippen LogP) is 2.07. The van der Waals surface area contributed by atoms with Crippen molar-refractivity contribution in [2.24, 2.45) is 5.92 Å². The lowest BCUT2D eigenvalue weighted by Gasteiger charge is -2.03. The summed E-state index contributed by atoms with van der Waals surface area (Å²) >= 11 is 0. The molecule has 0 radical (unpaired) electrons. The zero-order chi connectivity index (χ0) is 12.3. The maximum Gasteiger partial charge on any atom is 0.456 e. The first-order chi connectivity index (χ1) is 7.30. The number of Topliss-reactive ketones (excluding diaryl/α,β-unsaturated/α-hetero) is 1. The number of rotatable bonds is 4. The van der Waals surface area contributed by atoms with Gasteiger partial charge < -0.3 is 0 Å². The second-order valence-electron chi connectivity index (χ2n) is 3.88. The number of hydrogen-bond acceptors (Lipinski definition) is 3. The molecule has 1 aromatic rings. The van der Waals surface area contributed by atoms with Gasteiger partial charge >= 0.3 is 6.18 Å². The van der Waals surface area contributed by atoms with E-state index in [0.29, 0.717) is 12.5 Å². The second kappa shape index (κ2) is 4.63. The number of halogens is 3. The summed E-state index contributed by atoms with van der Waals surface area (Å²) in [5.74, 6) is -1.55. The molecule has 0 unspecified atom stereocenters. The number of nitrogens with zero attached hydrogens (tertiary/aromatic N) is 3. The first-order valence-corrected chi connectivity index (χ1v) is 4.82. The summed E-state index contributed by atoms with van der Waals surface area (Å²) in [6, 6.07) is 0. The van der Waals surface area contributed by atoms with Crippen LogP contribution in [0.4, 0.5) is 13.2 Å². The first kappa shape index (κ1) is 12.7. The minimum atomic E-state index is -4.89. The maximum atomic E-state index is 12.0. The van der Waals surface area contributed by atoms with Gasteiger partial charge in [-0.1, -0.05) is 19.1 Å². The van der Waals surface area contributed by atoms with Gasteiger partial charge in [0.15, 0.2) is 5.69 Å². The average Bonchev–Trinajstić information content (AvgIpc) is 2.60. The zero-order valence-corrected chi connectivity index (χ0v) is 8.95. The number of aromatic nitrogens is 3. The SMILES string of the molecule is CC(C)CCn1cc(C(=O)C(F)(F)F)nn1. The number of carbonyl (C=O) groups is 1. The van der Waals surface area contributed by atoms with Crippen molar-refractivity contribution in [2.75, 3.05) is 0 Å². The third-order valence-electron chi connectivity index (χ3n) is 1.96. The van der Waals surface area contributed by atoms with Crippen LogP contribution < -0.4 is 0 Å². The van der Waals surface area contributed by atoms with Crippen molar-refractivity contribution in [1.82, 2.24) is 15.0 Å². The fourth-order valence-corrected chi connectivity index (χ4v) is 1.05. The summed E-state index contributed by atoms with van der Waals surface area (Å²) in [7, 11) is 0. The molecule has 16 heavy (non-hydrogen) atoms. The highest BCUT2D eigenvalue weighted by atomic mass is 19.4. The molecule has 0 aromatic carbocycles. The second-order valence-corrected chi connectivity index (χ2v) is 3.88. The summed E-state index contributed by atoms with van der Waals surface area (Å²) in [5, 5.41) is 6.67. The molecule has 0 N–H and O–H groups in total. The van der Waals surface area contributed by atoms with E-state index < -0.39 is 17.7 Å². The first-order valence-electron chi connectivity index (χ1n) is 4.82. The van der Waals surface area contributed by atoms with Crippen LogP contribution in [0, 0.1) is 5.92 Å². The molecule has 7 heteroatoms. The summed E-state index contributed by atoms with van der Waals surface area (Å²) in [6.07, 6.45) is -3.10. The molecule has 0 aliphatic carbocycles. The van der Waals surface area contributed by atoms with Crippen LogP contribution in [0.25, 0.3) is 0 Å². The van der Waals surface area contributed by atoms with Crippen molar-refractivity contribution in [3.63, 3.8) is 0 Å². The number of carbonyl (C=O) groups excluding carboxylic acids is 1. The van der Waals surface area contributed by atoms with Gasteiger partial charge in [-0.05, 0) is 12.3 Å². The Morgan fingerprint density at radius 3 is 2.62 bits per heavy atom. The normalized spacial score (nSPS) is 12.1. The van der Waals surface area contributed by atoms with Gasteiger partial charge in [0, 0.05) is 6.54 Å². The van der Waals surface area contributed by atoms with Crippen molar-refractivity contribution in [1.29, 1.82) is 0 Å². The van der Waals surface area contributed by atoms with Crippen LogP contribution in [-0.2, 0) is 6.54 Å². The predicted molar refractivity (Wildman–Crippen MR) is 49.9 cm³/mol. The zero-order valence-electron chi connectivity index (χ0n) is 8.95. The number of ketones is 1. The largest absolute Gasteiger partial charge is 0.456 e. The van der Waals surface area contributed by atoms with E-state index in [1.54, 1.807) is 0 Å². The van der Waals surface area contributed by atoms with E-state index in [-0.39, 0.29) is 0 Å². The van der Waals surface area contributed by atoms with Gasteiger partial charge in [-0.25, -0.2) is 0 Å². The summed E-state index contributed by atoms with van der Waals surface area (Å²) < 4.78 is 37.3. The van der Waals surface area contributed by atoms with E-state index in [4.69, 9.17) is 0 Å². The van der Waals surface area contributed by atoms with Crippen molar-refractivity contribution < 1.29 is 18.0 Å². The molecule has 1 rings (SSSR count). The fraction of sp³-hybridized carbons (Fsp3) is 0.667. The molecule has 0 amide bonds. The minimum absolute atomic E-state index is 0.408. The van der Waals surface area contributed by atoms with Gasteiger partial charge in [0.25, 0.3) is 5.78 Å². The van der Waals surface area contributed by atoms with Crippen molar-refractivity contribution in [2.45, 2.75) is 33.0 Å². The molecule has 0 bridgehead atoms. The van der Waals surface area contributed by atoms with E-state index >= 15 is 0 Å². The number of hydrogen-bond donors (Lipinski definition) is 0. The van der Waals surface area contributed by atoms with Crippen molar-refractivity contribution in [3.05, 3.63) is 11.9 Å². The van der Waals surface area contributed by atoms with Crippen LogP contribution in [0.1, 0.15) is 30.8 Å². The monoisotopic (exact) mass is 235 g/mol. The highest BCUT2D eigenvalue weighted by molar-refractivity contribution is 5.98. The summed E-state index contributed by atoms with van der Waals surface area (Å²) in [6.45, 7) is 4.42. The molecule has 90 valence electrons. The van der Waals surface area contributed by atoms with E-state index in [1.165, 1.54) is 4.68 Å². The molecule has 0 saturated heterocycles. The molecule has 0 spiro atoms. The van der Waals surface area contributed by atoms with Gasteiger partial charge in [-0.2, -0.15) is 13.2 Å². The Balaban J connectivity index is 2.68. The Kier molecular flexibility index (Phi) is 3.66. The van der Waals surface area contributed by atoms with Crippen LogP contribution in [0.15, 0.2) is 6.20 Å². The Hall–Kier alpha value is -1.40. The van der Waals surface area contributed by atoms with Crippen LogP contribution >= 0.6 is 0 Å². The lowest BCUT2D eigenvalue weighted by Crippen LogP contribution is -2.23. The molecular formula is C9H12F3N3O. The molecule has 0 aliphatic rings.